The predicted octanol–water partition coefficient (Wildman–Crippen LogP) is 3.17. The summed E-state index contributed by atoms with van der Waals surface area (Å²) in [4.78, 5) is 19.7. The number of carbonyl (C=O) groups is 1. The van der Waals surface area contributed by atoms with E-state index in [0.29, 0.717) is 12.4 Å². The van der Waals surface area contributed by atoms with Gasteiger partial charge in [-0.2, -0.15) is 0 Å². The number of carbonyl (C=O) groups excluding carboxylic acids is 1. The van der Waals surface area contributed by atoms with Crippen molar-refractivity contribution in [3.63, 3.8) is 0 Å². The molecule has 4 N–H and O–H groups in total. The van der Waals surface area contributed by atoms with Crippen molar-refractivity contribution in [1.29, 1.82) is 0 Å². The number of nitrogens with two attached hydrogens (primary N) is 1. The number of nitrogens with one attached hydrogen (secondary N) is 2. The SMILES string of the molecule is CCC(C)C(N)c1nc(C(=O)NCCc2c[nH]c3ccccc23)co1. The number of nitrogens with zero attached hydrogens (tertiary/aromatic N) is 1. The van der Waals surface area contributed by atoms with Gasteiger partial charge in [-0.15, -0.1) is 0 Å². The van der Waals surface area contributed by atoms with Crippen molar-refractivity contribution in [2.75, 3.05) is 6.54 Å². The Morgan fingerprint density at radius 3 is 3.00 bits per heavy atom. The molecule has 0 fully saturated rings. The number of hydrogen-bond acceptors (Lipinski definition) is 4. The van der Waals surface area contributed by atoms with Crippen LogP contribution in [0, 0.1) is 5.92 Å². The molecule has 2 aromatic heterocycles. The first-order valence-corrected chi connectivity index (χ1v) is 8.64. The second-order valence-electron chi connectivity index (χ2n) is 6.35. The van der Waals surface area contributed by atoms with Crippen LogP contribution in [0.1, 0.15) is 48.3 Å². The van der Waals surface area contributed by atoms with E-state index in [4.69, 9.17) is 10.2 Å². The summed E-state index contributed by atoms with van der Waals surface area (Å²) in [5, 5.41) is 4.06. The normalized spacial score (nSPS) is 13.7. The zero-order chi connectivity index (χ0) is 17.8. The van der Waals surface area contributed by atoms with Crippen LogP contribution in [0.3, 0.4) is 0 Å². The van der Waals surface area contributed by atoms with Gasteiger partial charge < -0.3 is 20.5 Å². The Balaban J connectivity index is 1.57. The summed E-state index contributed by atoms with van der Waals surface area (Å²) in [5.41, 5.74) is 8.64. The number of oxazole rings is 1. The molecule has 0 saturated carbocycles. The number of aromatic nitrogens is 2. The highest BCUT2D eigenvalue weighted by atomic mass is 16.3. The molecule has 0 radical (unpaired) electrons. The van der Waals surface area contributed by atoms with Crippen LogP contribution in [0.2, 0.25) is 0 Å². The monoisotopic (exact) mass is 340 g/mol. The van der Waals surface area contributed by atoms with Crippen molar-refractivity contribution in [3.05, 3.63) is 53.9 Å². The van der Waals surface area contributed by atoms with Crippen LogP contribution in [-0.4, -0.2) is 22.4 Å². The van der Waals surface area contributed by atoms with Gasteiger partial charge in [0, 0.05) is 23.6 Å². The molecular weight excluding hydrogens is 316 g/mol. The molecule has 0 aliphatic rings. The van der Waals surface area contributed by atoms with Gasteiger partial charge in [-0.25, -0.2) is 4.98 Å². The molecule has 6 heteroatoms. The second-order valence-corrected chi connectivity index (χ2v) is 6.35. The summed E-state index contributed by atoms with van der Waals surface area (Å²) in [5.74, 6) is 0.416. The van der Waals surface area contributed by atoms with Gasteiger partial charge in [0.15, 0.2) is 5.69 Å². The summed E-state index contributed by atoms with van der Waals surface area (Å²) in [6, 6.07) is 7.82. The topological polar surface area (TPSA) is 96.9 Å². The number of H-pyrrole nitrogens is 1. The van der Waals surface area contributed by atoms with Crippen molar-refractivity contribution in [3.8, 4) is 0 Å². The predicted molar refractivity (Wildman–Crippen MR) is 97.2 cm³/mol. The van der Waals surface area contributed by atoms with Crippen LogP contribution < -0.4 is 11.1 Å². The first kappa shape index (κ1) is 17.2. The zero-order valence-electron chi connectivity index (χ0n) is 14.6. The van der Waals surface area contributed by atoms with E-state index in [1.807, 2.05) is 31.3 Å². The number of para-hydroxylation sites is 1. The smallest absolute Gasteiger partial charge is 0.273 e. The Bertz CT molecular complexity index is 852. The highest BCUT2D eigenvalue weighted by Crippen LogP contribution is 2.21. The van der Waals surface area contributed by atoms with Gasteiger partial charge in [-0.05, 0) is 24.0 Å². The largest absolute Gasteiger partial charge is 0.446 e. The van der Waals surface area contributed by atoms with E-state index in [-0.39, 0.29) is 23.6 Å². The molecule has 3 rings (SSSR count). The molecule has 3 aromatic rings. The standard InChI is InChI=1S/C19H24N4O2/c1-3-12(2)17(20)19-23-16(11-25-19)18(24)21-9-8-13-10-22-15-7-5-4-6-14(13)15/h4-7,10-12,17,22H,3,8-9,20H2,1-2H3,(H,21,24). The fourth-order valence-electron chi connectivity index (χ4n) is 2.78. The third-order valence-electron chi connectivity index (χ3n) is 4.65. The number of aromatic amines is 1. The number of hydrogen-bond donors (Lipinski definition) is 3. The Kier molecular flexibility index (Phi) is 5.19. The fraction of sp³-hybridized carbons (Fsp3) is 0.368. The van der Waals surface area contributed by atoms with Gasteiger partial charge in [-0.3, -0.25) is 4.79 Å². The minimum Gasteiger partial charge on any atom is -0.446 e. The Hall–Kier alpha value is -2.60. The molecule has 0 spiro atoms. The lowest BCUT2D eigenvalue weighted by molar-refractivity contribution is 0.0949. The van der Waals surface area contributed by atoms with E-state index in [9.17, 15) is 4.79 Å². The summed E-state index contributed by atoms with van der Waals surface area (Å²) < 4.78 is 5.38. The molecule has 0 aliphatic heterocycles. The Labute approximate surface area is 146 Å². The van der Waals surface area contributed by atoms with Gasteiger partial charge in [0.2, 0.25) is 5.89 Å². The van der Waals surface area contributed by atoms with Crippen molar-refractivity contribution in [2.24, 2.45) is 11.7 Å². The van der Waals surface area contributed by atoms with E-state index >= 15 is 0 Å². The van der Waals surface area contributed by atoms with Crippen LogP contribution in [-0.2, 0) is 6.42 Å². The Morgan fingerprint density at radius 1 is 1.40 bits per heavy atom. The third kappa shape index (κ3) is 3.74. The summed E-state index contributed by atoms with van der Waals surface area (Å²) in [6.07, 6.45) is 5.03. The lowest BCUT2D eigenvalue weighted by Crippen LogP contribution is -2.26. The third-order valence-corrected chi connectivity index (χ3v) is 4.65. The highest BCUT2D eigenvalue weighted by molar-refractivity contribution is 5.92. The van der Waals surface area contributed by atoms with E-state index < -0.39 is 0 Å². The number of rotatable bonds is 7. The molecule has 0 saturated heterocycles. The van der Waals surface area contributed by atoms with Gasteiger partial charge >= 0.3 is 0 Å². The molecular formula is C19H24N4O2. The minimum atomic E-state index is -0.294. The maximum Gasteiger partial charge on any atom is 0.273 e. The molecule has 25 heavy (non-hydrogen) atoms. The lowest BCUT2D eigenvalue weighted by Gasteiger charge is -2.13. The first-order valence-electron chi connectivity index (χ1n) is 8.64. The number of amides is 1. The molecule has 0 aliphatic carbocycles. The molecule has 132 valence electrons. The van der Waals surface area contributed by atoms with Crippen molar-refractivity contribution in [2.45, 2.75) is 32.7 Å². The van der Waals surface area contributed by atoms with Crippen molar-refractivity contribution >= 4 is 16.8 Å². The van der Waals surface area contributed by atoms with Crippen LogP contribution in [0.5, 0.6) is 0 Å². The average molecular weight is 340 g/mol. The number of benzene rings is 1. The van der Waals surface area contributed by atoms with Crippen LogP contribution in [0.25, 0.3) is 10.9 Å². The van der Waals surface area contributed by atoms with E-state index in [2.05, 4.69) is 28.3 Å². The quantitative estimate of drug-likeness (QED) is 0.615. The van der Waals surface area contributed by atoms with E-state index in [1.165, 1.54) is 17.2 Å². The molecule has 1 amide bonds. The fourth-order valence-corrected chi connectivity index (χ4v) is 2.78. The highest BCUT2D eigenvalue weighted by Gasteiger charge is 2.20. The molecule has 6 nitrogen and oxygen atoms in total. The van der Waals surface area contributed by atoms with Crippen molar-refractivity contribution < 1.29 is 9.21 Å². The maximum atomic E-state index is 12.2. The summed E-state index contributed by atoms with van der Waals surface area (Å²) >= 11 is 0. The summed E-state index contributed by atoms with van der Waals surface area (Å²) in [7, 11) is 0. The molecule has 2 heterocycles. The molecule has 1 aromatic carbocycles. The van der Waals surface area contributed by atoms with E-state index in [0.717, 1.165) is 18.4 Å². The summed E-state index contributed by atoms with van der Waals surface area (Å²) in [6.45, 7) is 4.63. The van der Waals surface area contributed by atoms with Crippen LogP contribution >= 0.6 is 0 Å². The minimum absolute atomic E-state index is 0.244. The number of fused-ring (bicyclic) bond motifs is 1. The molecule has 2 unspecified atom stereocenters. The van der Waals surface area contributed by atoms with Crippen molar-refractivity contribution in [1.82, 2.24) is 15.3 Å². The van der Waals surface area contributed by atoms with Gasteiger partial charge in [0.05, 0.1) is 6.04 Å². The van der Waals surface area contributed by atoms with Crippen LogP contribution in [0.4, 0.5) is 0 Å². The zero-order valence-corrected chi connectivity index (χ0v) is 14.6. The van der Waals surface area contributed by atoms with E-state index in [1.54, 1.807) is 0 Å². The maximum absolute atomic E-state index is 12.2. The van der Waals surface area contributed by atoms with Crippen LogP contribution in [0.15, 0.2) is 41.1 Å². The van der Waals surface area contributed by atoms with Gasteiger partial charge in [0.25, 0.3) is 5.91 Å². The van der Waals surface area contributed by atoms with Gasteiger partial charge in [0.1, 0.15) is 6.26 Å². The average Bonchev–Trinajstić information content (AvgIpc) is 3.28. The van der Waals surface area contributed by atoms with Gasteiger partial charge in [-0.1, -0.05) is 38.5 Å². The Morgan fingerprint density at radius 2 is 2.20 bits per heavy atom. The lowest BCUT2D eigenvalue weighted by atomic mass is 10.0. The first-order chi connectivity index (χ1) is 12.1. The second kappa shape index (κ2) is 7.53. The molecule has 2 atom stereocenters. The molecule has 0 bridgehead atoms.